The van der Waals surface area contributed by atoms with Crippen LogP contribution in [0, 0.1) is 0 Å². The Labute approximate surface area is 637 Å². The molecule has 0 bridgehead atoms. The Bertz CT molecular complexity index is 1800. The largest absolute Gasteiger partial charge is 0.477 e. The van der Waals surface area contributed by atoms with E-state index >= 15 is 0 Å². The van der Waals surface area contributed by atoms with E-state index in [2.05, 4.69) is 333 Å². The molecule has 0 saturated carbocycles. The van der Waals surface area contributed by atoms with Gasteiger partial charge in [0.15, 0.2) is 0 Å². The first-order valence-corrected chi connectivity index (χ1v) is 54.9. The molecule has 0 heterocycles. The maximum absolute atomic E-state index is 8.58. The van der Waals surface area contributed by atoms with Crippen molar-refractivity contribution in [1.29, 1.82) is 0 Å². The normalized spacial score (nSPS) is 14.1. The molecule has 0 amide bonds. The number of rotatable bonds is 61. The summed E-state index contributed by atoms with van der Waals surface area (Å²) in [6, 6.07) is 1.29. The minimum atomic E-state index is -3.82. The molecular formula is C67H174N20O6Si8. The minimum Gasteiger partial charge on any atom is -0.379 e. The van der Waals surface area contributed by atoms with Gasteiger partial charge in [0, 0.05) is 12.1 Å². The smallest absolute Gasteiger partial charge is 0.379 e. The first-order chi connectivity index (χ1) is 47.8. The summed E-state index contributed by atoms with van der Waals surface area (Å²) in [5, 5.41) is 0. The van der Waals surface area contributed by atoms with Crippen LogP contribution in [0.5, 0.6) is 0 Å². The fourth-order valence-electron chi connectivity index (χ4n) is 14.9. The van der Waals surface area contributed by atoms with E-state index in [9.17, 15) is 0 Å². The highest BCUT2D eigenvalue weighted by molar-refractivity contribution is 6.89. The Morgan fingerprint density at radius 3 is 0.426 bits per heavy atom. The molecule has 0 aromatic rings. The van der Waals surface area contributed by atoms with Gasteiger partial charge in [0.25, 0.3) is 0 Å². The molecule has 0 unspecified atom stereocenters. The first kappa shape index (κ1) is 104. The zero-order valence-electron chi connectivity index (χ0n) is 73.6. The SMILES string of the molecule is CCN(C)[Si](O[Si](CCCN)(O[Si](N(C)CC)(N(C)CC)N(C)CC)O[Si](N(C)CC)(N(C)CC)N(C)CC)(N(C)CC)N(C)CC.CCN(C)[Si](O[Si](CCCN)(O[Si](N(C)CC)(N(CC)CC)N(CC)CC)O[Si](N(CC)CC)(N(CC)CC)N(CC)CC)(N(CC)CC)N(CC)CC. The Morgan fingerprint density at radius 1 is 0.178 bits per heavy atom. The topological polar surface area (TPSA) is 166 Å². The van der Waals surface area contributed by atoms with E-state index in [1.165, 1.54) is 0 Å². The molecule has 0 aliphatic heterocycles. The predicted octanol–water partition coefficient (Wildman–Crippen LogP) is 7.12. The molecule has 0 atom stereocenters. The maximum Gasteiger partial charge on any atom is 0.477 e. The molecule has 101 heavy (non-hydrogen) atoms. The van der Waals surface area contributed by atoms with Crippen LogP contribution in [0.25, 0.3) is 0 Å². The fraction of sp³-hybridized carbons (Fsp3) is 1.00. The van der Waals surface area contributed by atoms with Crippen molar-refractivity contribution < 1.29 is 24.7 Å². The van der Waals surface area contributed by atoms with Crippen molar-refractivity contribution in [2.45, 2.75) is 198 Å². The summed E-state index contributed by atoms with van der Waals surface area (Å²) < 4.78 is 95.6. The Balaban J connectivity index is 0. The van der Waals surface area contributed by atoms with E-state index in [1.54, 1.807) is 0 Å². The third-order valence-electron chi connectivity index (χ3n) is 22.0. The number of nitrogens with two attached hydrogens (primary N) is 2. The lowest BCUT2D eigenvalue weighted by Gasteiger charge is -2.60. The van der Waals surface area contributed by atoms with E-state index in [4.69, 9.17) is 36.2 Å². The van der Waals surface area contributed by atoms with Gasteiger partial charge in [-0.2, -0.15) is 0 Å². The van der Waals surface area contributed by atoms with Crippen molar-refractivity contribution in [2.24, 2.45) is 11.5 Å². The molecule has 0 saturated heterocycles. The second kappa shape index (κ2) is 51.3. The lowest BCUT2D eigenvalue weighted by molar-refractivity contribution is 0.0793. The number of hydrogen-bond donors (Lipinski definition) is 2. The first-order valence-electron chi connectivity index (χ1n) is 40.5. The predicted molar refractivity (Wildman–Crippen MR) is 451 cm³/mol. The van der Waals surface area contributed by atoms with Gasteiger partial charge in [-0.15, -0.1) is 0 Å². The average Bonchev–Trinajstić information content (AvgIpc) is 0.729. The quantitative estimate of drug-likeness (QED) is 0.0591. The highest BCUT2D eigenvalue weighted by atomic mass is 28.5. The molecule has 26 nitrogen and oxygen atoms in total. The van der Waals surface area contributed by atoms with Gasteiger partial charge < -0.3 is 36.2 Å². The third kappa shape index (κ3) is 23.4. The Hall–Kier alpha value is 0.695. The molecule has 610 valence electrons. The second-order valence-corrected chi connectivity index (χ2v) is 54.9. The van der Waals surface area contributed by atoms with Crippen LogP contribution >= 0.6 is 0 Å². The molecular weight excluding hydrogens is 1410 g/mol. The second-order valence-electron chi connectivity index (χ2n) is 26.6. The molecule has 0 aromatic heterocycles. The zero-order valence-corrected chi connectivity index (χ0v) is 81.6. The van der Waals surface area contributed by atoms with E-state index in [0.717, 1.165) is 176 Å². The molecule has 0 spiro atoms. The maximum atomic E-state index is 8.58. The van der Waals surface area contributed by atoms with Gasteiger partial charge in [-0.05, 0) is 267 Å². The van der Waals surface area contributed by atoms with Crippen molar-refractivity contribution in [3.8, 4) is 0 Å². The van der Waals surface area contributed by atoms with Crippen molar-refractivity contribution >= 4 is 70.4 Å². The summed E-state index contributed by atoms with van der Waals surface area (Å²) in [5.41, 5.74) is 13.0. The molecule has 0 aliphatic carbocycles. The standard InChI is InChI=1S/C37H94N10O3Si4.C30H80N10O3Si4/c1-19-39(17)52(41(21-3)22-4,42(23-5)24-6)48-51(37-35-36-38,49-53(40(18)20-2,43(25-7)26-8)44(27-9)28-10)50-54(45(29-11)30-12,46(31-13)32-14)47(33-15)34-16;1-19-32(10)45(33(11)20-2,34(12)21-3)41-44(30-28-29-31,42-46(35(13)22-4,36(14)23-5)37(15)24-6)43-47(38(16)25-7,39(17)26-8)40(18)27-9/h19-38H2,1-18H3;19-31H2,1-18H3. The van der Waals surface area contributed by atoms with Crippen LogP contribution in [0.3, 0.4) is 0 Å². The summed E-state index contributed by atoms with van der Waals surface area (Å²) in [6.45, 7) is 79.4. The summed E-state index contributed by atoms with van der Waals surface area (Å²) in [6.07, 6.45) is 1.51. The summed E-state index contributed by atoms with van der Waals surface area (Å²) in [5.74, 6) is 0. The molecule has 0 aromatic carbocycles. The lowest BCUT2D eigenvalue weighted by Crippen LogP contribution is -2.87. The van der Waals surface area contributed by atoms with Gasteiger partial charge in [0.05, 0.1) is 0 Å². The van der Waals surface area contributed by atoms with E-state index in [1.807, 2.05) is 0 Å². The Kier molecular flexibility index (Phi) is 52.7. The summed E-state index contributed by atoms with van der Waals surface area (Å²) >= 11 is 0. The molecule has 0 rings (SSSR count). The van der Waals surface area contributed by atoms with Crippen molar-refractivity contribution in [1.82, 2.24) is 82.2 Å². The third-order valence-corrected chi connectivity index (χ3v) is 62.6. The van der Waals surface area contributed by atoms with Crippen LogP contribution in [0.15, 0.2) is 0 Å². The highest BCUT2D eigenvalue weighted by Gasteiger charge is 2.71. The van der Waals surface area contributed by atoms with Crippen LogP contribution in [-0.4, -0.2) is 407 Å². The van der Waals surface area contributed by atoms with Gasteiger partial charge in [-0.25, -0.2) is 0 Å². The van der Waals surface area contributed by atoms with E-state index in [0.29, 0.717) is 25.2 Å². The Morgan fingerprint density at radius 2 is 0.297 bits per heavy atom. The van der Waals surface area contributed by atoms with Crippen LogP contribution in [0.1, 0.15) is 186 Å². The van der Waals surface area contributed by atoms with Crippen LogP contribution in [-0.2, 0) is 24.7 Å². The van der Waals surface area contributed by atoms with E-state index in [-0.39, 0.29) is 0 Å². The average molecular weight is 1580 g/mol. The van der Waals surface area contributed by atoms with Crippen LogP contribution < -0.4 is 11.5 Å². The number of nitrogens with zero attached hydrogens (tertiary/aromatic N) is 18. The number of hydrogen-bond acceptors (Lipinski definition) is 26. The minimum absolute atomic E-state index is 0.535. The monoisotopic (exact) mass is 1580 g/mol. The fourth-order valence-corrected chi connectivity index (χ4v) is 61.9. The molecule has 4 N–H and O–H groups in total. The van der Waals surface area contributed by atoms with Gasteiger partial charge in [0.2, 0.25) is 0 Å². The van der Waals surface area contributed by atoms with Crippen molar-refractivity contribution in [3.05, 3.63) is 0 Å². The van der Waals surface area contributed by atoms with Crippen molar-refractivity contribution in [3.63, 3.8) is 0 Å². The van der Waals surface area contributed by atoms with Gasteiger partial charge in [0.1, 0.15) is 0 Å². The highest BCUT2D eigenvalue weighted by Crippen LogP contribution is 2.41. The molecule has 0 aliphatic rings. The van der Waals surface area contributed by atoms with Crippen LogP contribution in [0.2, 0.25) is 12.1 Å². The lowest BCUT2D eigenvalue weighted by atomic mass is 10.5. The van der Waals surface area contributed by atoms with Crippen molar-refractivity contribution in [2.75, 3.05) is 254 Å². The van der Waals surface area contributed by atoms with E-state index < -0.39 is 70.4 Å². The summed E-state index contributed by atoms with van der Waals surface area (Å²) in [7, 11) is -1.70. The zero-order chi connectivity index (χ0) is 78.6. The molecule has 0 fully saturated rings. The van der Waals surface area contributed by atoms with Gasteiger partial charge in [-0.1, -0.05) is 173 Å². The molecule has 0 radical (unpaired) electrons. The molecule has 34 heteroatoms. The summed E-state index contributed by atoms with van der Waals surface area (Å²) in [4.78, 5) is 0. The van der Waals surface area contributed by atoms with Crippen LogP contribution in [0.4, 0.5) is 0 Å². The van der Waals surface area contributed by atoms with Gasteiger partial charge in [-0.3, -0.25) is 82.2 Å². The van der Waals surface area contributed by atoms with Gasteiger partial charge >= 0.3 is 70.4 Å².